The molecule has 1 heterocycles. The van der Waals surface area contributed by atoms with Crippen LogP contribution in [0.2, 0.25) is 5.02 Å². The lowest BCUT2D eigenvalue weighted by Gasteiger charge is -2.18. The Balaban J connectivity index is 1.64. The Morgan fingerprint density at radius 3 is 2.94 bits per heavy atom. The molecule has 3 rings (SSSR count). The van der Waals surface area contributed by atoms with Gasteiger partial charge in [-0.25, -0.2) is 0 Å². The minimum Gasteiger partial charge on any atom is -0.393 e. The van der Waals surface area contributed by atoms with Gasteiger partial charge in [-0.2, -0.15) is 0 Å². The van der Waals surface area contributed by atoms with E-state index in [2.05, 4.69) is 11.0 Å². The van der Waals surface area contributed by atoms with Crippen LogP contribution in [0.3, 0.4) is 0 Å². The highest BCUT2D eigenvalue weighted by atomic mass is 35.5. The van der Waals surface area contributed by atoms with E-state index in [0.29, 0.717) is 11.8 Å². The molecule has 1 aliphatic heterocycles. The predicted octanol–water partition coefficient (Wildman–Crippen LogP) is 2.54. The molecule has 0 radical (unpaired) electrons. The summed E-state index contributed by atoms with van der Waals surface area (Å²) in [6.45, 7) is 3.13. The van der Waals surface area contributed by atoms with Gasteiger partial charge in [0.15, 0.2) is 0 Å². The van der Waals surface area contributed by atoms with Gasteiger partial charge < -0.3 is 5.11 Å². The summed E-state index contributed by atoms with van der Waals surface area (Å²) >= 11 is 5.99. The van der Waals surface area contributed by atoms with Crippen molar-refractivity contribution >= 4 is 11.6 Å². The van der Waals surface area contributed by atoms with Crippen LogP contribution in [-0.4, -0.2) is 29.2 Å². The van der Waals surface area contributed by atoms with Crippen LogP contribution >= 0.6 is 11.6 Å². The number of rotatable bonds is 2. The fourth-order valence-electron chi connectivity index (χ4n) is 3.35. The van der Waals surface area contributed by atoms with Gasteiger partial charge >= 0.3 is 0 Å². The zero-order chi connectivity index (χ0) is 11.8. The predicted molar refractivity (Wildman–Crippen MR) is 68.9 cm³/mol. The van der Waals surface area contributed by atoms with Gasteiger partial charge in [0, 0.05) is 30.6 Å². The average molecular weight is 252 g/mol. The molecule has 0 bridgehead atoms. The van der Waals surface area contributed by atoms with Gasteiger partial charge in [0.05, 0.1) is 6.10 Å². The quantitative estimate of drug-likeness (QED) is 0.873. The Morgan fingerprint density at radius 2 is 2.18 bits per heavy atom. The molecule has 1 aromatic rings. The molecule has 2 aliphatic rings. The minimum atomic E-state index is -0.0654. The van der Waals surface area contributed by atoms with Gasteiger partial charge in [0.1, 0.15) is 0 Å². The van der Waals surface area contributed by atoms with Gasteiger partial charge in [-0.15, -0.1) is 0 Å². The molecule has 1 saturated heterocycles. The first-order valence-electron chi connectivity index (χ1n) is 6.37. The van der Waals surface area contributed by atoms with Gasteiger partial charge in [-0.05, 0) is 36.5 Å². The fraction of sp³-hybridized carbons (Fsp3) is 0.571. The summed E-state index contributed by atoms with van der Waals surface area (Å²) in [5.41, 5.74) is 1.27. The van der Waals surface area contributed by atoms with Crippen molar-refractivity contribution in [3.05, 3.63) is 34.9 Å². The number of fused-ring (bicyclic) bond motifs is 1. The van der Waals surface area contributed by atoms with Crippen LogP contribution in [0.1, 0.15) is 18.4 Å². The molecule has 0 amide bonds. The fourth-order valence-corrected chi connectivity index (χ4v) is 3.56. The number of halogens is 1. The van der Waals surface area contributed by atoms with Crippen LogP contribution in [0.5, 0.6) is 0 Å². The molecule has 0 aromatic heterocycles. The molecular weight excluding hydrogens is 234 g/mol. The lowest BCUT2D eigenvalue weighted by Crippen LogP contribution is -2.24. The van der Waals surface area contributed by atoms with Crippen molar-refractivity contribution < 1.29 is 5.11 Å². The van der Waals surface area contributed by atoms with E-state index in [9.17, 15) is 5.11 Å². The Morgan fingerprint density at radius 1 is 1.29 bits per heavy atom. The molecule has 0 spiro atoms. The summed E-state index contributed by atoms with van der Waals surface area (Å²) in [5.74, 6) is 1.22. The second kappa shape index (κ2) is 4.60. The summed E-state index contributed by atoms with van der Waals surface area (Å²) in [7, 11) is 0. The number of hydrogen-bond donors (Lipinski definition) is 1. The van der Waals surface area contributed by atoms with Crippen molar-refractivity contribution in [3.8, 4) is 0 Å². The second-order valence-electron chi connectivity index (χ2n) is 5.39. The molecule has 17 heavy (non-hydrogen) atoms. The molecular formula is C14H18ClNO. The largest absolute Gasteiger partial charge is 0.393 e. The third-order valence-corrected chi connectivity index (χ3v) is 4.42. The van der Waals surface area contributed by atoms with Crippen molar-refractivity contribution in [1.82, 2.24) is 4.90 Å². The SMILES string of the molecule is OC1CCC2CN(Cc3cccc(Cl)c3)CC12. The number of aliphatic hydroxyl groups is 1. The van der Waals surface area contributed by atoms with E-state index in [4.69, 9.17) is 11.6 Å². The van der Waals surface area contributed by atoms with Gasteiger partial charge in [-0.3, -0.25) is 4.90 Å². The van der Waals surface area contributed by atoms with Crippen LogP contribution < -0.4 is 0 Å². The zero-order valence-electron chi connectivity index (χ0n) is 9.85. The molecule has 1 N–H and O–H groups in total. The Kier molecular flexibility index (Phi) is 3.12. The van der Waals surface area contributed by atoms with Crippen LogP contribution in [0.15, 0.2) is 24.3 Å². The lowest BCUT2D eigenvalue weighted by molar-refractivity contribution is 0.123. The normalized spacial score (nSPS) is 32.9. The van der Waals surface area contributed by atoms with Gasteiger partial charge in [0.2, 0.25) is 0 Å². The summed E-state index contributed by atoms with van der Waals surface area (Å²) in [5, 5.41) is 10.7. The summed E-state index contributed by atoms with van der Waals surface area (Å²) in [6, 6.07) is 8.07. The molecule has 92 valence electrons. The molecule has 3 atom stereocenters. The van der Waals surface area contributed by atoms with Crippen molar-refractivity contribution in [2.75, 3.05) is 13.1 Å². The van der Waals surface area contributed by atoms with Gasteiger partial charge in [0.25, 0.3) is 0 Å². The smallest absolute Gasteiger partial charge is 0.0583 e. The Hall–Kier alpha value is -0.570. The highest BCUT2D eigenvalue weighted by Gasteiger charge is 2.41. The highest BCUT2D eigenvalue weighted by molar-refractivity contribution is 6.30. The molecule has 3 heteroatoms. The van der Waals surface area contributed by atoms with Crippen molar-refractivity contribution in [2.45, 2.75) is 25.5 Å². The topological polar surface area (TPSA) is 23.5 Å². The third kappa shape index (κ3) is 2.35. The molecule has 2 fully saturated rings. The molecule has 1 aromatic carbocycles. The molecule has 1 aliphatic carbocycles. The zero-order valence-corrected chi connectivity index (χ0v) is 10.6. The first-order chi connectivity index (χ1) is 8.22. The average Bonchev–Trinajstić information content (AvgIpc) is 2.82. The number of likely N-dealkylation sites (tertiary alicyclic amines) is 1. The maximum absolute atomic E-state index is 9.88. The summed E-state index contributed by atoms with van der Waals surface area (Å²) < 4.78 is 0. The van der Waals surface area contributed by atoms with E-state index in [1.54, 1.807) is 0 Å². The van der Waals surface area contributed by atoms with E-state index in [0.717, 1.165) is 31.1 Å². The van der Waals surface area contributed by atoms with E-state index in [1.807, 2.05) is 18.2 Å². The monoisotopic (exact) mass is 251 g/mol. The standard InChI is InChI=1S/C14H18ClNO/c15-12-3-1-2-10(6-12)7-16-8-11-4-5-14(17)13(11)9-16/h1-3,6,11,13-14,17H,4-5,7-9H2. The van der Waals surface area contributed by atoms with E-state index in [1.165, 1.54) is 12.0 Å². The first kappa shape index (κ1) is 11.5. The van der Waals surface area contributed by atoms with Gasteiger partial charge in [-0.1, -0.05) is 23.7 Å². The maximum atomic E-state index is 9.88. The van der Waals surface area contributed by atoms with Crippen molar-refractivity contribution in [2.24, 2.45) is 11.8 Å². The van der Waals surface area contributed by atoms with E-state index in [-0.39, 0.29) is 6.10 Å². The first-order valence-corrected chi connectivity index (χ1v) is 6.75. The van der Waals surface area contributed by atoms with Crippen LogP contribution in [0.4, 0.5) is 0 Å². The maximum Gasteiger partial charge on any atom is 0.0583 e. The lowest BCUT2D eigenvalue weighted by atomic mass is 10.00. The summed E-state index contributed by atoms with van der Waals surface area (Å²) in [6.07, 6.45) is 2.13. The van der Waals surface area contributed by atoms with Crippen LogP contribution in [0.25, 0.3) is 0 Å². The number of benzene rings is 1. The number of aliphatic hydroxyl groups excluding tert-OH is 1. The Labute approximate surface area is 107 Å². The molecule has 1 saturated carbocycles. The summed E-state index contributed by atoms with van der Waals surface area (Å²) in [4.78, 5) is 2.45. The van der Waals surface area contributed by atoms with Crippen molar-refractivity contribution in [1.29, 1.82) is 0 Å². The number of nitrogens with zero attached hydrogens (tertiary/aromatic N) is 1. The third-order valence-electron chi connectivity index (χ3n) is 4.19. The Bertz CT molecular complexity index is 409. The highest BCUT2D eigenvalue weighted by Crippen LogP contribution is 2.38. The molecule has 3 unspecified atom stereocenters. The van der Waals surface area contributed by atoms with Crippen molar-refractivity contribution in [3.63, 3.8) is 0 Å². The van der Waals surface area contributed by atoms with E-state index >= 15 is 0 Å². The van der Waals surface area contributed by atoms with E-state index < -0.39 is 0 Å². The molecule has 2 nitrogen and oxygen atoms in total. The number of hydrogen-bond acceptors (Lipinski definition) is 2. The second-order valence-corrected chi connectivity index (χ2v) is 5.83. The minimum absolute atomic E-state index is 0.0654. The van der Waals surface area contributed by atoms with Crippen LogP contribution in [0, 0.1) is 11.8 Å². The van der Waals surface area contributed by atoms with Crippen LogP contribution in [-0.2, 0) is 6.54 Å².